The van der Waals surface area contributed by atoms with Crippen molar-refractivity contribution in [2.75, 3.05) is 19.8 Å². The average Bonchev–Trinajstić information content (AvgIpc) is 1.91. The Balaban J connectivity index is 2.15. The van der Waals surface area contributed by atoms with Crippen molar-refractivity contribution in [3.63, 3.8) is 0 Å². The minimum atomic E-state index is 0.0104. The summed E-state index contributed by atoms with van der Waals surface area (Å²) in [4.78, 5) is 9.94. The van der Waals surface area contributed by atoms with Gasteiger partial charge in [0.2, 0.25) is 0 Å². The van der Waals surface area contributed by atoms with Crippen molar-refractivity contribution < 1.29 is 14.3 Å². The van der Waals surface area contributed by atoms with E-state index in [4.69, 9.17) is 9.47 Å². The van der Waals surface area contributed by atoms with Crippen molar-refractivity contribution in [2.45, 2.75) is 12.5 Å². The predicted octanol–water partition coefficient (Wildman–Crippen LogP) is -0.00920. The first kappa shape index (κ1) is 6.71. The highest BCUT2D eigenvalue weighted by Crippen LogP contribution is 2.02. The molecule has 0 N–H and O–H groups in total. The van der Waals surface area contributed by atoms with Gasteiger partial charge in [-0.2, -0.15) is 0 Å². The number of aldehydes is 1. The minimum Gasteiger partial charge on any atom is -0.376 e. The quantitative estimate of drug-likeness (QED) is 0.493. The standard InChI is InChI=1S/C6H10O3/c7-2-1-6-5-8-3-4-9-6/h2,6H,1,3-5H2. The fourth-order valence-electron chi connectivity index (χ4n) is 0.780. The summed E-state index contributed by atoms with van der Waals surface area (Å²) in [6.45, 7) is 1.85. The first-order valence-corrected chi connectivity index (χ1v) is 3.06. The van der Waals surface area contributed by atoms with E-state index < -0.39 is 0 Å². The highest BCUT2D eigenvalue weighted by Gasteiger charge is 2.12. The number of hydrogen-bond acceptors (Lipinski definition) is 3. The third-order valence-corrected chi connectivity index (χ3v) is 1.24. The zero-order valence-corrected chi connectivity index (χ0v) is 5.21. The van der Waals surface area contributed by atoms with E-state index in [1.807, 2.05) is 0 Å². The smallest absolute Gasteiger partial charge is 0.122 e. The zero-order chi connectivity index (χ0) is 6.53. The SMILES string of the molecule is O=CCC1COCCO1. The summed E-state index contributed by atoms with van der Waals surface area (Å²) in [5.74, 6) is 0. The Morgan fingerprint density at radius 2 is 2.44 bits per heavy atom. The molecule has 1 unspecified atom stereocenters. The maximum Gasteiger partial charge on any atom is 0.122 e. The largest absolute Gasteiger partial charge is 0.376 e. The van der Waals surface area contributed by atoms with Gasteiger partial charge in [-0.25, -0.2) is 0 Å². The Kier molecular flexibility index (Phi) is 2.67. The fraction of sp³-hybridized carbons (Fsp3) is 0.833. The molecule has 1 atom stereocenters. The molecule has 1 aliphatic rings. The lowest BCUT2D eigenvalue weighted by atomic mass is 10.3. The summed E-state index contributed by atoms with van der Waals surface area (Å²) in [7, 11) is 0. The third kappa shape index (κ3) is 2.11. The normalized spacial score (nSPS) is 27.8. The zero-order valence-electron chi connectivity index (χ0n) is 5.21. The molecule has 1 heterocycles. The van der Waals surface area contributed by atoms with Crippen LogP contribution in [0.1, 0.15) is 6.42 Å². The molecule has 0 saturated carbocycles. The van der Waals surface area contributed by atoms with E-state index in [0.29, 0.717) is 26.2 Å². The molecule has 0 bridgehead atoms. The van der Waals surface area contributed by atoms with Crippen LogP contribution >= 0.6 is 0 Å². The molecular formula is C6H10O3. The van der Waals surface area contributed by atoms with Crippen LogP contribution in [0, 0.1) is 0 Å². The molecule has 3 heteroatoms. The van der Waals surface area contributed by atoms with Gasteiger partial charge in [-0.05, 0) is 0 Å². The second-order valence-electron chi connectivity index (χ2n) is 1.97. The molecule has 1 fully saturated rings. The Morgan fingerprint density at radius 1 is 1.56 bits per heavy atom. The summed E-state index contributed by atoms with van der Waals surface area (Å²) in [5.41, 5.74) is 0. The van der Waals surface area contributed by atoms with Crippen molar-refractivity contribution in [2.24, 2.45) is 0 Å². The molecule has 0 radical (unpaired) electrons. The van der Waals surface area contributed by atoms with Crippen molar-refractivity contribution in [3.05, 3.63) is 0 Å². The van der Waals surface area contributed by atoms with Crippen LogP contribution in [-0.2, 0) is 14.3 Å². The molecule has 1 rings (SSSR count). The lowest BCUT2D eigenvalue weighted by molar-refractivity contribution is -0.119. The predicted molar refractivity (Wildman–Crippen MR) is 31.2 cm³/mol. The van der Waals surface area contributed by atoms with Gasteiger partial charge in [-0.1, -0.05) is 0 Å². The van der Waals surface area contributed by atoms with Crippen molar-refractivity contribution in [1.82, 2.24) is 0 Å². The van der Waals surface area contributed by atoms with E-state index in [-0.39, 0.29) is 6.10 Å². The van der Waals surface area contributed by atoms with Crippen molar-refractivity contribution in [1.29, 1.82) is 0 Å². The van der Waals surface area contributed by atoms with E-state index in [9.17, 15) is 4.79 Å². The van der Waals surface area contributed by atoms with Crippen LogP contribution < -0.4 is 0 Å². The number of ether oxygens (including phenoxy) is 2. The maximum absolute atomic E-state index is 9.94. The molecule has 1 saturated heterocycles. The van der Waals surface area contributed by atoms with Crippen LogP contribution in [0.25, 0.3) is 0 Å². The maximum atomic E-state index is 9.94. The molecule has 0 aliphatic carbocycles. The van der Waals surface area contributed by atoms with Crippen LogP contribution in [0.4, 0.5) is 0 Å². The van der Waals surface area contributed by atoms with Crippen LogP contribution in [0.15, 0.2) is 0 Å². The van der Waals surface area contributed by atoms with Gasteiger partial charge in [0.25, 0.3) is 0 Å². The van der Waals surface area contributed by atoms with Gasteiger partial charge in [0, 0.05) is 6.42 Å². The fourth-order valence-corrected chi connectivity index (χ4v) is 0.780. The van der Waals surface area contributed by atoms with Crippen LogP contribution in [0.5, 0.6) is 0 Å². The first-order valence-electron chi connectivity index (χ1n) is 3.06. The van der Waals surface area contributed by atoms with Crippen molar-refractivity contribution in [3.8, 4) is 0 Å². The van der Waals surface area contributed by atoms with Crippen LogP contribution in [-0.4, -0.2) is 32.2 Å². The Hall–Kier alpha value is -0.410. The van der Waals surface area contributed by atoms with Crippen molar-refractivity contribution >= 4 is 6.29 Å². The molecule has 52 valence electrons. The Bertz CT molecular complexity index is 86.3. The van der Waals surface area contributed by atoms with Gasteiger partial charge in [-0.15, -0.1) is 0 Å². The second kappa shape index (κ2) is 3.58. The molecule has 0 aromatic heterocycles. The van der Waals surface area contributed by atoms with Gasteiger partial charge in [-0.3, -0.25) is 0 Å². The Labute approximate surface area is 53.9 Å². The first-order chi connectivity index (χ1) is 4.43. The number of rotatable bonds is 2. The second-order valence-corrected chi connectivity index (χ2v) is 1.97. The van der Waals surface area contributed by atoms with Gasteiger partial charge in [0.05, 0.1) is 25.9 Å². The summed E-state index contributed by atoms with van der Waals surface area (Å²) in [6.07, 6.45) is 1.33. The minimum absolute atomic E-state index is 0.0104. The molecule has 1 aliphatic heterocycles. The van der Waals surface area contributed by atoms with Gasteiger partial charge < -0.3 is 14.3 Å². The lowest BCUT2D eigenvalue weighted by Crippen LogP contribution is -2.28. The van der Waals surface area contributed by atoms with Gasteiger partial charge in [0.15, 0.2) is 0 Å². The summed E-state index contributed by atoms with van der Waals surface area (Å²) in [6, 6.07) is 0. The molecule has 9 heavy (non-hydrogen) atoms. The van der Waals surface area contributed by atoms with E-state index in [0.717, 1.165) is 6.29 Å². The van der Waals surface area contributed by atoms with E-state index >= 15 is 0 Å². The Morgan fingerprint density at radius 3 is 3.00 bits per heavy atom. The third-order valence-electron chi connectivity index (χ3n) is 1.24. The van der Waals surface area contributed by atoms with Crippen LogP contribution in [0.3, 0.4) is 0 Å². The summed E-state index contributed by atoms with van der Waals surface area (Å²) < 4.78 is 10.2. The highest BCUT2D eigenvalue weighted by molar-refractivity contribution is 5.50. The molecule has 0 amide bonds. The van der Waals surface area contributed by atoms with E-state index in [1.54, 1.807) is 0 Å². The number of hydrogen-bond donors (Lipinski definition) is 0. The number of carbonyl (C=O) groups excluding carboxylic acids is 1. The molecular weight excluding hydrogens is 120 g/mol. The molecule has 0 spiro atoms. The van der Waals surface area contributed by atoms with Gasteiger partial charge in [0.1, 0.15) is 6.29 Å². The molecule has 3 nitrogen and oxygen atoms in total. The van der Waals surface area contributed by atoms with Crippen LogP contribution in [0.2, 0.25) is 0 Å². The monoisotopic (exact) mass is 130 g/mol. The van der Waals surface area contributed by atoms with E-state index in [1.165, 1.54) is 0 Å². The summed E-state index contributed by atoms with van der Waals surface area (Å²) in [5, 5.41) is 0. The van der Waals surface area contributed by atoms with E-state index in [2.05, 4.69) is 0 Å². The molecule has 0 aromatic carbocycles. The van der Waals surface area contributed by atoms with Gasteiger partial charge >= 0.3 is 0 Å². The topological polar surface area (TPSA) is 35.5 Å². The average molecular weight is 130 g/mol. The summed E-state index contributed by atoms with van der Waals surface area (Å²) >= 11 is 0. The highest BCUT2D eigenvalue weighted by atomic mass is 16.6. The molecule has 0 aromatic rings. The lowest BCUT2D eigenvalue weighted by Gasteiger charge is -2.20. The number of carbonyl (C=O) groups is 1.